The molecule has 5 nitrogen and oxygen atoms in total. The predicted octanol–water partition coefficient (Wildman–Crippen LogP) is 2.69. The van der Waals surface area contributed by atoms with Gasteiger partial charge < -0.3 is 4.90 Å². The van der Waals surface area contributed by atoms with Gasteiger partial charge in [-0.3, -0.25) is 9.59 Å². The summed E-state index contributed by atoms with van der Waals surface area (Å²) in [6.45, 7) is 5.55. The molecule has 0 amide bonds. The fraction of sp³-hybridized carbons (Fsp3) is 0.357. The lowest BCUT2D eigenvalue weighted by Crippen LogP contribution is -2.29. The lowest BCUT2D eigenvalue weighted by Gasteiger charge is -2.20. The highest BCUT2D eigenvalue weighted by atomic mass is 35.5. The Hall–Kier alpha value is -1.66. The molecule has 0 bridgehead atoms. The molecule has 0 saturated carbocycles. The van der Waals surface area contributed by atoms with E-state index in [4.69, 9.17) is 11.6 Å². The average Bonchev–Trinajstić information content (AvgIpc) is 2.90. The number of nitrogens with zero attached hydrogens (tertiary/aromatic N) is 3. The Morgan fingerprint density at radius 1 is 1.38 bits per heavy atom. The molecule has 0 aliphatic rings. The first-order valence-corrected chi connectivity index (χ1v) is 7.85. The molecular formula is C14H16ClN3O2S. The van der Waals surface area contributed by atoms with E-state index in [0.717, 1.165) is 18.8 Å². The van der Waals surface area contributed by atoms with Crippen molar-refractivity contribution in [2.45, 2.75) is 20.4 Å². The molecule has 2 heterocycles. The first-order chi connectivity index (χ1) is 10.0. The SMILES string of the molecule is CCN(CC)c1cnn(CC(=O)c2ccc(Cl)s2)c(=O)c1. The fourth-order valence-corrected chi connectivity index (χ4v) is 2.96. The Morgan fingerprint density at radius 2 is 2.10 bits per heavy atom. The number of Topliss-reactive ketones (excluding diaryl/α,β-unsaturated/α-hetero) is 1. The Morgan fingerprint density at radius 3 is 2.62 bits per heavy atom. The minimum Gasteiger partial charge on any atom is -0.371 e. The fourth-order valence-electron chi connectivity index (χ4n) is 1.98. The van der Waals surface area contributed by atoms with Crippen LogP contribution in [0.5, 0.6) is 0 Å². The van der Waals surface area contributed by atoms with E-state index < -0.39 is 0 Å². The highest BCUT2D eigenvalue weighted by molar-refractivity contribution is 7.18. The summed E-state index contributed by atoms with van der Waals surface area (Å²) in [5.74, 6) is -0.169. The third-order valence-electron chi connectivity index (χ3n) is 3.13. The van der Waals surface area contributed by atoms with Gasteiger partial charge in [0.2, 0.25) is 0 Å². The molecule has 0 aliphatic carbocycles. The number of hydrogen-bond donors (Lipinski definition) is 0. The van der Waals surface area contributed by atoms with Crippen molar-refractivity contribution in [3.05, 3.63) is 44.0 Å². The Balaban J connectivity index is 2.18. The predicted molar refractivity (Wildman–Crippen MR) is 85.7 cm³/mol. The van der Waals surface area contributed by atoms with Crippen molar-refractivity contribution in [3.63, 3.8) is 0 Å². The van der Waals surface area contributed by atoms with Crippen molar-refractivity contribution < 1.29 is 4.79 Å². The molecule has 2 aromatic rings. The standard InChI is InChI=1S/C14H16ClN3O2S/c1-3-17(4-2)10-7-14(20)18(16-8-10)9-11(19)12-5-6-13(15)21-12/h5-8H,3-4,9H2,1-2H3. The zero-order valence-electron chi connectivity index (χ0n) is 11.9. The molecule has 2 aromatic heterocycles. The number of ketones is 1. The number of hydrogen-bond acceptors (Lipinski definition) is 5. The number of aromatic nitrogens is 2. The molecule has 0 spiro atoms. The summed E-state index contributed by atoms with van der Waals surface area (Å²) in [5.41, 5.74) is 0.489. The van der Waals surface area contributed by atoms with Gasteiger partial charge in [-0.25, -0.2) is 4.68 Å². The van der Waals surface area contributed by atoms with E-state index in [2.05, 4.69) is 5.10 Å². The van der Waals surface area contributed by atoms with Crippen molar-refractivity contribution in [1.29, 1.82) is 0 Å². The minimum absolute atomic E-state index is 0.0752. The van der Waals surface area contributed by atoms with Gasteiger partial charge in [-0.1, -0.05) is 11.6 Å². The smallest absolute Gasteiger partial charge is 0.269 e. The van der Waals surface area contributed by atoms with Gasteiger partial charge in [0.05, 0.1) is 21.1 Å². The molecule has 0 N–H and O–H groups in total. The zero-order valence-corrected chi connectivity index (χ0v) is 13.4. The molecule has 0 fully saturated rings. The first-order valence-electron chi connectivity index (χ1n) is 6.65. The summed E-state index contributed by atoms with van der Waals surface area (Å²) in [7, 11) is 0. The van der Waals surface area contributed by atoms with E-state index in [9.17, 15) is 9.59 Å². The van der Waals surface area contributed by atoms with Crippen LogP contribution in [0, 0.1) is 0 Å². The largest absolute Gasteiger partial charge is 0.371 e. The maximum absolute atomic E-state index is 12.1. The number of carbonyl (C=O) groups is 1. The number of anilines is 1. The maximum atomic E-state index is 12.1. The van der Waals surface area contributed by atoms with E-state index >= 15 is 0 Å². The van der Waals surface area contributed by atoms with Gasteiger partial charge >= 0.3 is 0 Å². The van der Waals surface area contributed by atoms with Crippen LogP contribution in [0.2, 0.25) is 4.34 Å². The molecule has 7 heteroatoms. The van der Waals surface area contributed by atoms with E-state index in [1.165, 1.54) is 22.1 Å². The van der Waals surface area contributed by atoms with Gasteiger partial charge in [0.1, 0.15) is 6.54 Å². The number of thiophene rings is 1. The van der Waals surface area contributed by atoms with Crippen LogP contribution < -0.4 is 10.5 Å². The Labute approximate surface area is 131 Å². The normalized spacial score (nSPS) is 10.6. The third-order valence-corrected chi connectivity index (χ3v) is 4.40. The monoisotopic (exact) mass is 325 g/mol. The molecular weight excluding hydrogens is 310 g/mol. The summed E-state index contributed by atoms with van der Waals surface area (Å²) in [6, 6.07) is 4.83. The summed E-state index contributed by atoms with van der Waals surface area (Å²) in [4.78, 5) is 26.7. The quantitative estimate of drug-likeness (QED) is 0.766. The second-order valence-electron chi connectivity index (χ2n) is 4.41. The van der Waals surface area contributed by atoms with Crippen LogP contribution >= 0.6 is 22.9 Å². The Kier molecular flexibility index (Phi) is 5.14. The number of halogens is 1. The highest BCUT2D eigenvalue weighted by Crippen LogP contribution is 2.22. The molecule has 0 atom stereocenters. The first kappa shape index (κ1) is 15.7. The van der Waals surface area contributed by atoms with Gasteiger partial charge in [0, 0.05) is 19.2 Å². The molecule has 112 valence electrons. The molecule has 21 heavy (non-hydrogen) atoms. The summed E-state index contributed by atoms with van der Waals surface area (Å²) < 4.78 is 1.72. The van der Waals surface area contributed by atoms with E-state index in [1.807, 2.05) is 18.7 Å². The topological polar surface area (TPSA) is 55.2 Å². The van der Waals surface area contributed by atoms with Crippen LogP contribution in [-0.4, -0.2) is 28.7 Å². The van der Waals surface area contributed by atoms with Crippen LogP contribution in [0.15, 0.2) is 29.2 Å². The van der Waals surface area contributed by atoms with Crippen molar-refractivity contribution in [2.75, 3.05) is 18.0 Å². The summed E-state index contributed by atoms with van der Waals surface area (Å²) >= 11 is 7.00. The van der Waals surface area contributed by atoms with Crippen LogP contribution in [0.4, 0.5) is 5.69 Å². The molecule has 0 aliphatic heterocycles. The minimum atomic E-state index is -0.282. The van der Waals surface area contributed by atoms with Crippen molar-refractivity contribution in [2.24, 2.45) is 0 Å². The number of carbonyl (C=O) groups excluding carboxylic acids is 1. The van der Waals surface area contributed by atoms with E-state index in [-0.39, 0.29) is 17.9 Å². The third kappa shape index (κ3) is 3.71. The van der Waals surface area contributed by atoms with Gasteiger partial charge in [-0.2, -0.15) is 5.10 Å². The Bertz CT molecular complexity index is 692. The van der Waals surface area contributed by atoms with Gasteiger partial charge in [0.15, 0.2) is 5.78 Å². The highest BCUT2D eigenvalue weighted by Gasteiger charge is 2.12. The second-order valence-corrected chi connectivity index (χ2v) is 6.12. The average molecular weight is 326 g/mol. The second kappa shape index (κ2) is 6.87. The van der Waals surface area contributed by atoms with Gasteiger partial charge in [-0.05, 0) is 26.0 Å². The van der Waals surface area contributed by atoms with E-state index in [1.54, 1.807) is 18.3 Å². The number of rotatable bonds is 6. The van der Waals surface area contributed by atoms with E-state index in [0.29, 0.717) is 9.21 Å². The van der Waals surface area contributed by atoms with Crippen molar-refractivity contribution in [1.82, 2.24) is 9.78 Å². The van der Waals surface area contributed by atoms with Crippen LogP contribution in [-0.2, 0) is 6.54 Å². The molecule has 0 saturated heterocycles. The summed E-state index contributed by atoms with van der Waals surface area (Å²) in [5, 5.41) is 4.08. The van der Waals surface area contributed by atoms with Gasteiger partial charge in [-0.15, -0.1) is 11.3 Å². The summed E-state index contributed by atoms with van der Waals surface area (Å²) in [6.07, 6.45) is 1.61. The lowest BCUT2D eigenvalue weighted by molar-refractivity contribution is 0.0969. The van der Waals surface area contributed by atoms with Crippen LogP contribution in [0.1, 0.15) is 23.5 Å². The molecule has 0 aromatic carbocycles. The van der Waals surface area contributed by atoms with Crippen molar-refractivity contribution >= 4 is 34.4 Å². The van der Waals surface area contributed by atoms with Gasteiger partial charge in [0.25, 0.3) is 5.56 Å². The van der Waals surface area contributed by atoms with Crippen LogP contribution in [0.25, 0.3) is 0 Å². The van der Waals surface area contributed by atoms with Crippen molar-refractivity contribution in [3.8, 4) is 0 Å². The zero-order chi connectivity index (χ0) is 15.4. The lowest BCUT2D eigenvalue weighted by atomic mass is 10.3. The molecule has 0 radical (unpaired) electrons. The maximum Gasteiger partial charge on any atom is 0.269 e. The van der Waals surface area contributed by atoms with Crippen LogP contribution in [0.3, 0.4) is 0 Å². The molecule has 0 unspecified atom stereocenters. The molecule has 2 rings (SSSR count).